The van der Waals surface area contributed by atoms with Crippen molar-refractivity contribution in [3.8, 4) is 5.75 Å². The minimum absolute atomic E-state index is 0.0106. The Kier molecular flexibility index (Phi) is 8.89. The molecule has 0 saturated heterocycles. The lowest BCUT2D eigenvalue weighted by Gasteiger charge is -2.18. The van der Waals surface area contributed by atoms with Gasteiger partial charge in [-0.3, -0.25) is 9.78 Å². The van der Waals surface area contributed by atoms with Gasteiger partial charge in [0.2, 0.25) is 5.91 Å². The maximum atomic E-state index is 13.5. The van der Waals surface area contributed by atoms with Crippen molar-refractivity contribution >= 4 is 16.8 Å². The number of benzene rings is 4. The zero-order chi connectivity index (χ0) is 29.3. The van der Waals surface area contributed by atoms with Gasteiger partial charge in [0.1, 0.15) is 12.4 Å². The second-order valence-corrected chi connectivity index (χ2v) is 10.7. The molecule has 2 aromatic heterocycles. The van der Waals surface area contributed by atoms with E-state index < -0.39 is 0 Å². The summed E-state index contributed by atoms with van der Waals surface area (Å²) in [5, 5.41) is 4.29. The summed E-state index contributed by atoms with van der Waals surface area (Å²) in [5.74, 6) is 0.642. The maximum absolute atomic E-state index is 13.5. The maximum Gasteiger partial charge on any atom is 0.220 e. The topological polar surface area (TPSA) is 56.1 Å². The van der Waals surface area contributed by atoms with E-state index in [0.29, 0.717) is 26.0 Å². The van der Waals surface area contributed by atoms with Crippen LogP contribution in [-0.4, -0.2) is 22.0 Å². The van der Waals surface area contributed by atoms with Gasteiger partial charge >= 0.3 is 0 Å². The Labute approximate surface area is 252 Å². The number of ether oxygens (including phenoxy) is 1. The van der Waals surface area contributed by atoms with Gasteiger partial charge in [0.25, 0.3) is 0 Å². The summed E-state index contributed by atoms with van der Waals surface area (Å²) in [6.45, 7) is 1.78. The van der Waals surface area contributed by atoms with Crippen molar-refractivity contribution < 1.29 is 9.53 Å². The lowest BCUT2D eigenvalue weighted by molar-refractivity contribution is -0.121. The second-order valence-electron chi connectivity index (χ2n) is 10.7. The number of para-hydroxylation sites is 1. The fourth-order valence-corrected chi connectivity index (χ4v) is 5.57. The minimum atomic E-state index is -0.156. The summed E-state index contributed by atoms with van der Waals surface area (Å²) in [4.78, 5) is 17.8. The Balaban J connectivity index is 1.30. The van der Waals surface area contributed by atoms with Gasteiger partial charge in [-0.05, 0) is 52.6 Å². The fraction of sp³-hybridized carbons (Fsp3) is 0.158. The molecule has 1 amide bonds. The van der Waals surface area contributed by atoms with Crippen LogP contribution in [0.3, 0.4) is 0 Å². The van der Waals surface area contributed by atoms with Crippen molar-refractivity contribution in [2.45, 2.75) is 31.9 Å². The number of rotatable bonds is 12. The van der Waals surface area contributed by atoms with E-state index in [1.54, 1.807) is 6.20 Å². The zero-order valence-corrected chi connectivity index (χ0v) is 24.1. The predicted octanol–water partition coefficient (Wildman–Crippen LogP) is 7.54. The first-order valence-electron chi connectivity index (χ1n) is 14.8. The number of hydrogen-bond donors (Lipinski definition) is 1. The molecule has 0 radical (unpaired) electrons. The van der Waals surface area contributed by atoms with Crippen molar-refractivity contribution in [1.29, 1.82) is 0 Å². The van der Waals surface area contributed by atoms with Gasteiger partial charge in [-0.1, -0.05) is 97.1 Å². The van der Waals surface area contributed by atoms with Crippen LogP contribution < -0.4 is 10.1 Å². The van der Waals surface area contributed by atoms with Gasteiger partial charge in [-0.15, -0.1) is 0 Å². The first-order valence-corrected chi connectivity index (χ1v) is 14.8. The van der Waals surface area contributed by atoms with Crippen LogP contribution in [0.1, 0.15) is 40.3 Å². The molecule has 0 aliphatic carbocycles. The Morgan fingerprint density at radius 2 is 1.53 bits per heavy atom. The summed E-state index contributed by atoms with van der Waals surface area (Å²) in [7, 11) is 0. The molecule has 0 aliphatic heterocycles. The van der Waals surface area contributed by atoms with E-state index >= 15 is 0 Å². The normalized spacial score (nSPS) is 11.7. The summed E-state index contributed by atoms with van der Waals surface area (Å²) >= 11 is 0. The van der Waals surface area contributed by atoms with Crippen molar-refractivity contribution in [1.82, 2.24) is 14.9 Å². The Bertz CT molecular complexity index is 1770. The number of fused-ring (bicyclic) bond motifs is 1. The highest BCUT2D eigenvalue weighted by Crippen LogP contribution is 2.36. The summed E-state index contributed by atoms with van der Waals surface area (Å²) in [5.41, 5.74) is 6.64. The van der Waals surface area contributed by atoms with Crippen molar-refractivity contribution in [3.05, 3.63) is 168 Å². The molecule has 214 valence electrons. The number of aromatic nitrogens is 2. The third kappa shape index (κ3) is 7.19. The Hall–Kier alpha value is -5.16. The molecule has 6 rings (SSSR count). The smallest absolute Gasteiger partial charge is 0.220 e. The number of nitrogens with one attached hydrogen (secondary N) is 1. The number of amides is 1. The van der Waals surface area contributed by atoms with Crippen molar-refractivity contribution in [2.75, 3.05) is 6.54 Å². The highest BCUT2D eigenvalue weighted by atomic mass is 16.5. The fourth-order valence-electron chi connectivity index (χ4n) is 5.57. The molecule has 1 atom stereocenters. The molecule has 0 fully saturated rings. The first kappa shape index (κ1) is 28.0. The lowest BCUT2D eigenvalue weighted by Crippen LogP contribution is -2.27. The molecule has 0 saturated carbocycles. The molecule has 5 nitrogen and oxygen atoms in total. The van der Waals surface area contributed by atoms with Gasteiger partial charge < -0.3 is 14.6 Å². The molecule has 43 heavy (non-hydrogen) atoms. The van der Waals surface area contributed by atoms with Crippen molar-refractivity contribution in [3.63, 3.8) is 0 Å². The molecule has 1 N–H and O–H groups in total. The van der Waals surface area contributed by atoms with E-state index in [-0.39, 0.29) is 11.8 Å². The molecule has 0 aliphatic rings. The highest BCUT2D eigenvalue weighted by Gasteiger charge is 2.23. The van der Waals surface area contributed by atoms with Crippen LogP contribution in [-0.2, 0) is 24.4 Å². The quantitative estimate of drug-likeness (QED) is 0.167. The van der Waals surface area contributed by atoms with Crippen LogP contribution >= 0.6 is 0 Å². The van der Waals surface area contributed by atoms with Gasteiger partial charge in [-0.2, -0.15) is 0 Å². The SMILES string of the molecule is O=C(C[C@H](c1cccc(OCc2ccccc2)c1)c1cn(Cc2ccccc2)c2ccccc12)NCCc1ccccn1. The zero-order valence-electron chi connectivity index (χ0n) is 24.1. The van der Waals surface area contributed by atoms with Gasteiger partial charge in [0.15, 0.2) is 0 Å². The number of carbonyl (C=O) groups excluding carboxylic acids is 1. The van der Waals surface area contributed by atoms with Crippen LogP contribution in [0.25, 0.3) is 10.9 Å². The van der Waals surface area contributed by atoms with Crippen LogP contribution in [0.15, 0.2) is 140 Å². The second kappa shape index (κ2) is 13.7. The molecule has 0 spiro atoms. The molecule has 5 heteroatoms. The average Bonchev–Trinajstić information content (AvgIpc) is 3.42. The number of hydrogen-bond acceptors (Lipinski definition) is 3. The number of carbonyl (C=O) groups is 1. The van der Waals surface area contributed by atoms with Crippen LogP contribution in [0.2, 0.25) is 0 Å². The molecular formula is C38H35N3O2. The third-order valence-electron chi connectivity index (χ3n) is 7.72. The van der Waals surface area contributed by atoms with Gasteiger partial charge in [-0.25, -0.2) is 0 Å². The third-order valence-corrected chi connectivity index (χ3v) is 7.72. The first-order chi connectivity index (χ1) is 21.2. The minimum Gasteiger partial charge on any atom is -0.489 e. The van der Waals surface area contributed by atoms with Crippen LogP contribution in [0.5, 0.6) is 5.75 Å². The van der Waals surface area contributed by atoms with E-state index in [2.05, 4.69) is 93.9 Å². The predicted molar refractivity (Wildman–Crippen MR) is 172 cm³/mol. The average molecular weight is 566 g/mol. The monoisotopic (exact) mass is 565 g/mol. The van der Waals surface area contributed by atoms with Crippen LogP contribution in [0, 0.1) is 0 Å². The van der Waals surface area contributed by atoms with Crippen molar-refractivity contribution in [2.24, 2.45) is 0 Å². The largest absolute Gasteiger partial charge is 0.489 e. The molecular weight excluding hydrogens is 530 g/mol. The Morgan fingerprint density at radius 1 is 0.791 bits per heavy atom. The number of nitrogens with zero attached hydrogens (tertiary/aromatic N) is 2. The van der Waals surface area contributed by atoms with Gasteiger partial charge in [0, 0.05) is 60.8 Å². The summed E-state index contributed by atoms with van der Waals surface area (Å²) in [6, 6.07) is 43.1. The summed E-state index contributed by atoms with van der Waals surface area (Å²) in [6.07, 6.45) is 5.02. The summed E-state index contributed by atoms with van der Waals surface area (Å²) < 4.78 is 8.49. The van der Waals surface area contributed by atoms with Crippen LogP contribution in [0.4, 0.5) is 0 Å². The molecule has 0 unspecified atom stereocenters. The van der Waals surface area contributed by atoms with E-state index in [1.165, 1.54) is 5.56 Å². The number of pyridine rings is 1. The molecule has 4 aromatic carbocycles. The van der Waals surface area contributed by atoms with E-state index in [0.717, 1.165) is 45.6 Å². The lowest BCUT2D eigenvalue weighted by atomic mass is 9.88. The Morgan fingerprint density at radius 3 is 2.33 bits per heavy atom. The van der Waals surface area contributed by atoms with E-state index in [9.17, 15) is 4.79 Å². The molecule has 6 aromatic rings. The van der Waals surface area contributed by atoms with E-state index in [1.807, 2.05) is 54.6 Å². The highest BCUT2D eigenvalue weighted by molar-refractivity contribution is 5.87. The molecule has 2 heterocycles. The van der Waals surface area contributed by atoms with Gasteiger partial charge in [0.05, 0.1) is 0 Å². The standard InChI is InChI=1S/C38H35N3O2/c42-38(40-23-21-32-17-9-10-22-39-32)25-35(31-16-11-18-33(24-31)43-28-30-14-5-2-6-15-30)36-27-41(26-29-12-3-1-4-13-29)37-20-8-7-19-34(36)37/h1-20,22,24,27,35H,21,23,25-26,28H2,(H,40,42)/t35-/m1/s1. The van der Waals surface area contributed by atoms with E-state index in [4.69, 9.17) is 4.74 Å². The molecule has 0 bridgehead atoms.